The standard InChI is InChI=1S/C22H25N3O7S/c1-24-19-7-6-18(12-20(19)32-22(24)27)33(28,29)25-8-4-5-14(13-25)21(26)23-15-9-16(30-2)11-17(10-15)31-3/h6-7,9-12,14H,4-5,8,13H2,1-3H3,(H,23,26)/t14-/m1/s1. The highest BCUT2D eigenvalue weighted by Crippen LogP contribution is 2.29. The molecular formula is C22H25N3O7S. The van der Waals surface area contributed by atoms with E-state index in [1.165, 1.54) is 41.3 Å². The maximum atomic E-state index is 13.3. The Morgan fingerprint density at radius 2 is 1.82 bits per heavy atom. The van der Waals surface area contributed by atoms with Gasteiger partial charge in [0.25, 0.3) is 0 Å². The van der Waals surface area contributed by atoms with Crippen molar-refractivity contribution in [3.05, 3.63) is 46.9 Å². The van der Waals surface area contributed by atoms with E-state index in [4.69, 9.17) is 13.9 Å². The number of hydrogen-bond donors (Lipinski definition) is 1. The zero-order valence-electron chi connectivity index (χ0n) is 18.5. The minimum Gasteiger partial charge on any atom is -0.497 e. The summed E-state index contributed by atoms with van der Waals surface area (Å²) >= 11 is 0. The Hall–Kier alpha value is -3.31. The van der Waals surface area contributed by atoms with Gasteiger partial charge in [-0.25, -0.2) is 13.2 Å². The van der Waals surface area contributed by atoms with Gasteiger partial charge in [0.2, 0.25) is 15.9 Å². The number of oxazole rings is 1. The van der Waals surface area contributed by atoms with Crippen LogP contribution < -0.4 is 20.5 Å². The number of benzene rings is 2. The molecule has 0 radical (unpaired) electrons. The van der Waals surface area contributed by atoms with E-state index in [2.05, 4.69) is 5.32 Å². The van der Waals surface area contributed by atoms with Crippen molar-refractivity contribution in [3.8, 4) is 11.5 Å². The number of anilines is 1. The Bertz CT molecular complexity index is 1340. The molecule has 1 aromatic heterocycles. The second-order valence-electron chi connectivity index (χ2n) is 7.85. The number of methoxy groups -OCH3 is 2. The third kappa shape index (κ3) is 4.46. The fourth-order valence-electron chi connectivity index (χ4n) is 3.92. The first-order valence-corrected chi connectivity index (χ1v) is 11.8. The highest BCUT2D eigenvalue weighted by molar-refractivity contribution is 7.89. The average Bonchev–Trinajstić information content (AvgIpc) is 3.11. The molecule has 2 aromatic carbocycles. The average molecular weight is 476 g/mol. The Labute approximate surface area is 190 Å². The van der Waals surface area contributed by atoms with Crippen molar-refractivity contribution in [2.45, 2.75) is 17.7 Å². The van der Waals surface area contributed by atoms with Gasteiger partial charge in [0, 0.05) is 50.1 Å². The van der Waals surface area contributed by atoms with Crippen LogP contribution in [0.25, 0.3) is 11.1 Å². The number of nitrogens with one attached hydrogen (secondary N) is 1. The van der Waals surface area contributed by atoms with Gasteiger partial charge >= 0.3 is 5.76 Å². The number of carbonyl (C=O) groups is 1. The van der Waals surface area contributed by atoms with Crippen LogP contribution in [0.4, 0.5) is 5.69 Å². The predicted molar refractivity (Wildman–Crippen MR) is 121 cm³/mol. The van der Waals surface area contributed by atoms with Crippen molar-refractivity contribution in [1.82, 2.24) is 8.87 Å². The molecule has 1 aliphatic heterocycles. The van der Waals surface area contributed by atoms with Crippen molar-refractivity contribution in [2.75, 3.05) is 32.6 Å². The first-order valence-electron chi connectivity index (χ1n) is 10.4. The molecule has 0 spiro atoms. The normalized spacial score (nSPS) is 17.1. The van der Waals surface area contributed by atoms with Crippen molar-refractivity contribution in [3.63, 3.8) is 0 Å². The van der Waals surface area contributed by atoms with Crippen LogP contribution >= 0.6 is 0 Å². The van der Waals surface area contributed by atoms with E-state index >= 15 is 0 Å². The van der Waals surface area contributed by atoms with E-state index in [9.17, 15) is 18.0 Å². The second-order valence-corrected chi connectivity index (χ2v) is 9.79. The monoisotopic (exact) mass is 475 g/mol. The lowest BCUT2D eigenvalue weighted by atomic mass is 9.98. The minimum absolute atomic E-state index is 0.0166. The Kier molecular flexibility index (Phi) is 6.17. The summed E-state index contributed by atoms with van der Waals surface area (Å²) in [7, 11) is 0.706. The molecule has 3 aromatic rings. The lowest BCUT2D eigenvalue weighted by Crippen LogP contribution is -2.43. The number of nitrogens with zero attached hydrogens (tertiary/aromatic N) is 2. The van der Waals surface area contributed by atoms with Gasteiger partial charge in [0.05, 0.1) is 30.5 Å². The minimum atomic E-state index is -3.88. The topological polar surface area (TPSA) is 120 Å². The molecule has 33 heavy (non-hydrogen) atoms. The maximum absolute atomic E-state index is 13.3. The molecule has 1 amide bonds. The summed E-state index contributed by atoms with van der Waals surface area (Å²) in [6.45, 7) is 0.349. The molecule has 1 atom stereocenters. The summed E-state index contributed by atoms with van der Waals surface area (Å²) in [5, 5.41) is 2.83. The van der Waals surface area contributed by atoms with Crippen LogP contribution in [-0.2, 0) is 21.9 Å². The number of ether oxygens (including phenoxy) is 2. The smallest absolute Gasteiger partial charge is 0.419 e. The van der Waals surface area contributed by atoms with E-state index in [0.717, 1.165) is 0 Å². The van der Waals surface area contributed by atoms with Crippen molar-refractivity contribution in [1.29, 1.82) is 0 Å². The van der Waals surface area contributed by atoms with Gasteiger partial charge < -0.3 is 19.2 Å². The Morgan fingerprint density at radius 3 is 2.48 bits per heavy atom. The number of rotatable bonds is 6. The van der Waals surface area contributed by atoms with E-state index in [-0.39, 0.29) is 22.9 Å². The molecule has 10 nitrogen and oxygen atoms in total. The molecule has 176 valence electrons. The largest absolute Gasteiger partial charge is 0.497 e. The van der Waals surface area contributed by atoms with Crippen LogP contribution in [0.5, 0.6) is 11.5 Å². The number of aryl methyl sites for hydroxylation is 1. The van der Waals surface area contributed by atoms with Gasteiger partial charge in [-0.15, -0.1) is 0 Å². The summed E-state index contributed by atoms with van der Waals surface area (Å²) in [4.78, 5) is 24.7. The molecule has 1 N–H and O–H groups in total. The van der Waals surface area contributed by atoms with Gasteiger partial charge in [-0.1, -0.05) is 0 Å². The van der Waals surface area contributed by atoms with E-state index in [1.807, 2.05) is 0 Å². The molecule has 11 heteroatoms. The molecule has 1 saturated heterocycles. The first kappa shape index (κ1) is 22.9. The number of carbonyl (C=O) groups excluding carboxylic acids is 1. The Balaban J connectivity index is 1.53. The predicted octanol–water partition coefficient (Wildman–Crippen LogP) is 2.19. The summed E-state index contributed by atoms with van der Waals surface area (Å²) < 4.78 is 44.7. The summed E-state index contributed by atoms with van der Waals surface area (Å²) in [6.07, 6.45) is 1.10. The molecule has 0 bridgehead atoms. The van der Waals surface area contributed by atoms with Crippen LogP contribution in [0.2, 0.25) is 0 Å². The molecule has 0 unspecified atom stereocenters. The molecule has 1 aliphatic rings. The fourth-order valence-corrected chi connectivity index (χ4v) is 5.46. The number of aromatic nitrogens is 1. The molecule has 4 rings (SSSR count). The van der Waals surface area contributed by atoms with E-state index < -0.39 is 21.7 Å². The summed E-state index contributed by atoms with van der Waals surface area (Å²) in [5.41, 5.74) is 1.20. The number of piperidine rings is 1. The van der Waals surface area contributed by atoms with Crippen LogP contribution in [0.1, 0.15) is 12.8 Å². The van der Waals surface area contributed by atoms with E-state index in [0.29, 0.717) is 42.1 Å². The maximum Gasteiger partial charge on any atom is 0.419 e. The number of hydrogen-bond acceptors (Lipinski definition) is 7. The molecular weight excluding hydrogens is 450 g/mol. The third-order valence-corrected chi connectivity index (χ3v) is 7.64. The second kappa shape index (κ2) is 8.91. The van der Waals surface area contributed by atoms with Crippen LogP contribution in [0.15, 0.2) is 50.5 Å². The van der Waals surface area contributed by atoms with Crippen LogP contribution in [0.3, 0.4) is 0 Å². The number of sulfonamides is 1. The van der Waals surface area contributed by atoms with Crippen molar-refractivity contribution in [2.24, 2.45) is 13.0 Å². The first-order chi connectivity index (χ1) is 15.7. The van der Waals surface area contributed by atoms with Gasteiger partial charge in [-0.3, -0.25) is 9.36 Å². The van der Waals surface area contributed by atoms with Crippen LogP contribution in [0, 0.1) is 5.92 Å². The summed E-state index contributed by atoms with van der Waals surface area (Å²) in [6, 6.07) is 9.35. The Morgan fingerprint density at radius 1 is 1.12 bits per heavy atom. The molecule has 0 aliphatic carbocycles. The lowest BCUT2D eigenvalue weighted by Gasteiger charge is -2.31. The lowest BCUT2D eigenvalue weighted by molar-refractivity contribution is -0.120. The number of fused-ring (bicyclic) bond motifs is 1. The SMILES string of the molecule is COc1cc(NC(=O)[C@@H]2CCCN(S(=O)(=O)c3ccc4c(c3)oc(=O)n4C)C2)cc(OC)c1. The number of amides is 1. The van der Waals surface area contributed by atoms with Crippen LogP contribution in [-0.4, -0.2) is 50.5 Å². The fraction of sp³-hybridized carbons (Fsp3) is 0.364. The van der Waals surface area contributed by atoms with E-state index in [1.54, 1.807) is 25.2 Å². The highest BCUT2D eigenvalue weighted by Gasteiger charge is 2.34. The van der Waals surface area contributed by atoms with Gasteiger partial charge in [-0.05, 0) is 25.0 Å². The molecule has 0 saturated carbocycles. The molecule has 1 fully saturated rings. The van der Waals surface area contributed by atoms with Gasteiger partial charge in [-0.2, -0.15) is 4.31 Å². The molecule has 2 heterocycles. The van der Waals surface area contributed by atoms with Gasteiger partial charge in [0.1, 0.15) is 11.5 Å². The van der Waals surface area contributed by atoms with Crippen molar-refractivity contribution < 1.29 is 27.1 Å². The zero-order valence-corrected chi connectivity index (χ0v) is 19.3. The van der Waals surface area contributed by atoms with Gasteiger partial charge in [0.15, 0.2) is 5.58 Å². The quantitative estimate of drug-likeness (QED) is 0.580. The third-order valence-electron chi connectivity index (χ3n) is 5.78. The summed E-state index contributed by atoms with van der Waals surface area (Å²) in [5.74, 6) is -0.317. The highest BCUT2D eigenvalue weighted by atomic mass is 32.2. The zero-order chi connectivity index (χ0) is 23.8. The van der Waals surface area contributed by atoms with Crippen molar-refractivity contribution >= 4 is 32.7 Å².